The van der Waals surface area contributed by atoms with Crippen LogP contribution in [-0.4, -0.2) is 153 Å². The molecule has 1 aromatic heterocycles. The second-order valence-electron chi connectivity index (χ2n) is 19.2. The van der Waals surface area contributed by atoms with Crippen molar-refractivity contribution in [3.63, 3.8) is 0 Å². The number of hydrogen-bond acceptors (Lipinski definition) is 19. The van der Waals surface area contributed by atoms with Crippen molar-refractivity contribution in [1.82, 2.24) is 0 Å². The van der Waals surface area contributed by atoms with Crippen LogP contribution in [0, 0.1) is 5.92 Å². The molecule has 0 spiro atoms. The molecule has 0 bridgehead atoms. The molecular weight excluding hydrogens is 1030 g/mol. The summed E-state index contributed by atoms with van der Waals surface area (Å²) < 4.78 is 47.7. The van der Waals surface area contributed by atoms with Gasteiger partial charge in [0.15, 0.2) is 36.3 Å². The van der Waals surface area contributed by atoms with Gasteiger partial charge in [0, 0.05) is 19.4 Å². The molecule has 14 atom stereocenters. The van der Waals surface area contributed by atoms with E-state index in [9.17, 15) is 50.1 Å². The van der Waals surface area contributed by atoms with Crippen molar-refractivity contribution in [2.24, 2.45) is 5.92 Å². The molecule has 410 valence electrons. The van der Waals surface area contributed by atoms with E-state index in [1.807, 2.05) is 32.9 Å². The van der Waals surface area contributed by atoms with E-state index in [-0.39, 0.29) is 40.3 Å². The predicted octanol–water partition coefficient (Wildman–Crippen LogP) is 6.95. The van der Waals surface area contributed by atoms with Gasteiger partial charge in [-0.15, -0.1) is 11.3 Å². The molecule has 0 radical (unpaired) electrons. The first-order valence-electron chi connectivity index (χ1n) is 24.4. The van der Waals surface area contributed by atoms with Crippen LogP contribution in [-0.2, 0) is 49.1 Å². The molecule has 0 amide bonds. The maximum Gasteiger partial charge on any atom is 0.348 e. The minimum absolute atomic E-state index is 0.0404. The van der Waals surface area contributed by atoms with Crippen LogP contribution in [0.3, 0.4) is 0 Å². The maximum absolute atomic E-state index is 14.0. The third kappa shape index (κ3) is 14.4. The molecule has 1 aromatic carbocycles. The van der Waals surface area contributed by atoms with Gasteiger partial charge >= 0.3 is 17.9 Å². The van der Waals surface area contributed by atoms with Crippen molar-refractivity contribution in [3.05, 3.63) is 102 Å². The number of hydrogen-bond donors (Lipinski definition) is 7. The van der Waals surface area contributed by atoms with E-state index in [0.717, 1.165) is 11.3 Å². The van der Waals surface area contributed by atoms with E-state index >= 15 is 0 Å². The molecule has 2 saturated heterocycles. The quantitative estimate of drug-likeness (QED) is 0.0607. The highest BCUT2D eigenvalue weighted by atomic mass is 35.5. The van der Waals surface area contributed by atoms with E-state index in [4.69, 9.17) is 61.1 Å². The smallest absolute Gasteiger partial charge is 0.348 e. The number of allylic oxidation sites excluding steroid dienone is 4. The van der Waals surface area contributed by atoms with Gasteiger partial charge in [-0.2, -0.15) is 0 Å². The molecule has 18 nitrogen and oxygen atoms in total. The molecule has 3 aliphatic heterocycles. The summed E-state index contributed by atoms with van der Waals surface area (Å²) in [5.74, 6) is -4.48. The number of rotatable bonds is 13. The average Bonchev–Trinajstić information content (AvgIpc) is 3.90. The number of aliphatic hydroxyl groups is 5. The summed E-state index contributed by atoms with van der Waals surface area (Å²) in [5, 5.41) is 78.5. The Kier molecular flexibility index (Phi) is 21.9. The highest BCUT2D eigenvalue weighted by molar-refractivity contribution is 7.12. The minimum atomic E-state index is -1.61. The van der Waals surface area contributed by atoms with Crippen molar-refractivity contribution in [1.29, 1.82) is 0 Å². The number of aliphatic hydroxyl groups excluding tert-OH is 5. The van der Waals surface area contributed by atoms with E-state index in [2.05, 4.69) is 0 Å². The lowest BCUT2D eigenvalue weighted by atomic mass is 9.88. The fourth-order valence-corrected chi connectivity index (χ4v) is 9.99. The Morgan fingerprint density at radius 2 is 1.62 bits per heavy atom. The molecule has 21 heteroatoms. The third-order valence-corrected chi connectivity index (χ3v) is 14.9. The SMILES string of the molecule is CCc1c(Cl)c(O)c(Cl)c(O)c1C(=O)O[C@H]1[C@H](O)[C@H](OC)[C@H](OC/C2=C\C=C\C[C@H](O)/C(C)=C/[C@H](CC)[C@@H](O[C@@H]3OC(C)(C)[C@@H](O)[C@H](OC(=O)c4cccs4)[C@@H]3O)/C(C)=C/C(C)=C/C[C@@H]([C@@H](C)O)OC2=O)O[C@@H]1C. The zero-order chi connectivity index (χ0) is 54.9. The Labute approximate surface area is 445 Å². The lowest BCUT2D eigenvalue weighted by Gasteiger charge is -2.47. The number of halogens is 2. The highest BCUT2D eigenvalue weighted by Crippen LogP contribution is 2.45. The van der Waals surface area contributed by atoms with Crippen LogP contribution < -0.4 is 0 Å². The largest absolute Gasteiger partial charge is 0.505 e. The number of carbonyl (C=O) groups is 3. The Bertz CT molecular complexity index is 2430. The number of carbonyl (C=O) groups excluding carboxylic acids is 3. The van der Waals surface area contributed by atoms with Crippen LogP contribution in [0.1, 0.15) is 107 Å². The number of phenolic OH excluding ortho intramolecular Hbond substituents is 2. The average molecular weight is 1100 g/mol. The van der Waals surface area contributed by atoms with E-state index in [0.29, 0.717) is 23.1 Å². The van der Waals surface area contributed by atoms with Crippen molar-refractivity contribution in [3.8, 4) is 11.5 Å². The van der Waals surface area contributed by atoms with Gasteiger partial charge in [-0.05, 0) is 102 Å². The van der Waals surface area contributed by atoms with Gasteiger partial charge in [-0.25, -0.2) is 14.4 Å². The molecule has 0 unspecified atom stereocenters. The summed E-state index contributed by atoms with van der Waals surface area (Å²) in [6, 6.07) is 3.26. The predicted molar refractivity (Wildman–Crippen MR) is 274 cm³/mol. The number of aromatic hydroxyl groups is 2. The van der Waals surface area contributed by atoms with Crippen LogP contribution in [0.2, 0.25) is 10.0 Å². The second-order valence-corrected chi connectivity index (χ2v) is 20.9. The summed E-state index contributed by atoms with van der Waals surface area (Å²) >= 11 is 13.4. The third-order valence-electron chi connectivity index (χ3n) is 13.3. The summed E-state index contributed by atoms with van der Waals surface area (Å²) in [7, 11) is 1.26. The molecule has 3 aliphatic rings. The topological polar surface area (TPSA) is 267 Å². The van der Waals surface area contributed by atoms with Crippen LogP contribution in [0.5, 0.6) is 11.5 Å². The molecule has 5 rings (SSSR count). The first-order valence-corrected chi connectivity index (χ1v) is 26.0. The van der Waals surface area contributed by atoms with Gasteiger partial charge in [0.25, 0.3) is 0 Å². The first-order chi connectivity index (χ1) is 34.9. The fourth-order valence-electron chi connectivity index (χ4n) is 8.83. The van der Waals surface area contributed by atoms with Crippen molar-refractivity contribution >= 4 is 52.4 Å². The van der Waals surface area contributed by atoms with Gasteiger partial charge in [0.1, 0.15) is 46.0 Å². The molecular formula is C53H70Cl2O18S. The Hall–Kier alpha value is -4.19. The van der Waals surface area contributed by atoms with Crippen LogP contribution in [0.4, 0.5) is 0 Å². The van der Waals surface area contributed by atoms with Gasteiger partial charge in [-0.3, -0.25) is 0 Å². The zero-order valence-corrected chi connectivity index (χ0v) is 45.4. The summed E-state index contributed by atoms with van der Waals surface area (Å²) in [5.41, 5.74) is 0.230. The monoisotopic (exact) mass is 1100 g/mol. The molecule has 4 heterocycles. The number of methoxy groups -OCH3 is 1. The zero-order valence-electron chi connectivity index (χ0n) is 43.1. The Morgan fingerprint density at radius 3 is 2.24 bits per heavy atom. The molecule has 2 fully saturated rings. The number of thiophene rings is 1. The normalized spacial score (nSPS) is 34.1. The number of esters is 3. The van der Waals surface area contributed by atoms with E-state index in [1.54, 1.807) is 57.4 Å². The van der Waals surface area contributed by atoms with Crippen LogP contribution in [0.15, 0.2) is 76.3 Å². The van der Waals surface area contributed by atoms with E-state index in [1.165, 1.54) is 33.1 Å². The van der Waals surface area contributed by atoms with Gasteiger partial charge in [-0.1, -0.05) is 79.1 Å². The molecule has 2 aromatic rings. The highest BCUT2D eigenvalue weighted by Gasteiger charge is 2.53. The molecule has 74 heavy (non-hydrogen) atoms. The Balaban J connectivity index is 1.39. The summed E-state index contributed by atoms with van der Waals surface area (Å²) in [6.07, 6.45) is -5.66. The summed E-state index contributed by atoms with van der Waals surface area (Å²) in [4.78, 5) is 40.8. The maximum atomic E-state index is 14.0. The number of phenols is 2. The lowest BCUT2D eigenvalue weighted by Crippen LogP contribution is -2.64. The molecule has 0 saturated carbocycles. The second kappa shape index (κ2) is 26.7. The van der Waals surface area contributed by atoms with Gasteiger partial charge < -0.3 is 73.6 Å². The number of cyclic esters (lactones) is 1. The number of ether oxygens (including phenoxy) is 8. The van der Waals surface area contributed by atoms with Crippen LogP contribution >= 0.6 is 34.5 Å². The molecule has 7 N–H and O–H groups in total. The first kappa shape index (κ1) is 60.7. The number of benzene rings is 1. The lowest BCUT2D eigenvalue weighted by molar-refractivity contribution is -0.330. The van der Waals surface area contributed by atoms with Crippen molar-refractivity contribution < 1.29 is 88.0 Å². The summed E-state index contributed by atoms with van der Waals surface area (Å²) in [6.45, 7) is 14.7. The molecule has 0 aliphatic carbocycles. The Morgan fingerprint density at radius 1 is 0.932 bits per heavy atom. The minimum Gasteiger partial charge on any atom is -0.505 e. The van der Waals surface area contributed by atoms with Crippen molar-refractivity contribution in [2.45, 2.75) is 173 Å². The fraction of sp³-hybridized carbons (Fsp3) is 0.566. The van der Waals surface area contributed by atoms with Gasteiger partial charge in [0.05, 0.1) is 47.2 Å². The van der Waals surface area contributed by atoms with Crippen molar-refractivity contribution in [2.75, 3.05) is 13.7 Å². The van der Waals surface area contributed by atoms with Gasteiger partial charge in [0.2, 0.25) is 0 Å². The standard InChI is InChI=1S/C53H70Cl2O18S/c1-11-30-23-26(4)33(57)17-14-13-16-31(24-67-52-46(66-10)41(60)44(29(7)68-52)70-50(65)36-32(12-2)37(54)40(59)38(55)39(36)58)48(63)69-34(28(6)56)20-19-25(3)22-27(5)43(30)72-51-42(61)45(47(62)53(8,9)73-51)71-49(64)35-18-15-21-74-35/h13-16,18-19,21-23,28-30,33-34,41-47,51-52,56-62H,11-12,17,20,24H2,1-10H3/b14-13+,25-19+,26-23+,27-22+,31-16+/t28-,29-,30+,33+,34+,41+,42+,43+,44-,45-,46+,47+,51-,52-/m1/s1. The van der Waals surface area contributed by atoms with E-state index < -0.39 is 138 Å². The van der Waals surface area contributed by atoms with Crippen LogP contribution in [0.25, 0.3) is 0 Å².